The normalized spacial score (nSPS) is 20.9. The summed E-state index contributed by atoms with van der Waals surface area (Å²) in [5.74, 6) is -1.79. The summed E-state index contributed by atoms with van der Waals surface area (Å²) in [6, 6.07) is 8.25. The van der Waals surface area contributed by atoms with Gasteiger partial charge in [0.25, 0.3) is 11.7 Å². The number of hydrogen-bond acceptors (Lipinski definition) is 8. The van der Waals surface area contributed by atoms with Gasteiger partial charge < -0.3 is 14.7 Å². The first-order valence-electron chi connectivity index (χ1n) is 11.7. The fraction of sp³-hybridized carbons (Fsp3) is 0.400. The lowest BCUT2D eigenvalue weighted by atomic mass is 9.96. The molecule has 1 aromatic carbocycles. The van der Waals surface area contributed by atoms with Crippen molar-refractivity contribution in [2.24, 2.45) is 0 Å². The number of hydrogen-bond donors (Lipinski definition) is 1. The molecule has 2 aliphatic rings. The molecule has 0 spiro atoms. The summed E-state index contributed by atoms with van der Waals surface area (Å²) < 4.78 is 31.2. The Kier molecular flexibility index (Phi) is 7.84. The van der Waals surface area contributed by atoms with E-state index in [0.29, 0.717) is 31.7 Å². The van der Waals surface area contributed by atoms with Gasteiger partial charge in [0, 0.05) is 58.2 Å². The van der Waals surface area contributed by atoms with E-state index >= 15 is 0 Å². The van der Waals surface area contributed by atoms with Crippen molar-refractivity contribution in [2.75, 3.05) is 53.5 Å². The fourth-order valence-corrected chi connectivity index (χ4v) is 5.35. The van der Waals surface area contributed by atoms with Crippen LogP contribution >= 0.6 is 0 Å². The average molecular weight is 515 g/mol. The van der Waals surface area contributed by atoms with Gasteiger partial charge in [-0.1, -0.05) is 0 Å². The molecule has 1 unspecified atom stereocenters. The number of amides is 1. The van der Waals surface area contributed by atoms with E-state index in [1.54, 1.807) is 24.5 Å². The minimum atomic E-state index is -3.65. The average Bonchev–Trinajstić information content (AvgIpc) is 3.14. The third-order valence-corrected chi connectivity index (χ3v) is 8.27. The van der Waals surface area contributed by atoms with Crippen LogP contribution < -0.4 is 0 Å². The molecule has 10 nitrogen and oxygen atoms in total. The molecule has 2 saturated heterocycles. The van der Waals surface area contributed by atoms with Crippen LogP contribution in [0.25, 0.3) is 5.76 Å². The van der Waals surface area contributed by atoms with Crippen molar-refractivity contribution in [1.82, 2.24) is 19.1 Å². The van der Waals surface area contributed by atoms with Crippen LogP contribution in [-0.4, -0.2) is 97.8 Å². The van der Waals surface area contributed by atoms with E-state index in [-0.39, 0.29) is 21.8 Å². The highest BCUT2D eigenvalue weighted by Crippen LogP contribution is 2.39. The largest absolute Gasteiger partial charge is 0.507 e. The first-order chi connectivity index (χ1) is 17.2. The summed E-state index contributed by atoms with van der Waals surface area (Å²) in [6.07, 6.45) is 3.81. The molecule has 2 aromatic rings. The van der Waals surface area contributed by atoms with E-state index in [4.69, 9.17) is 4.74 Å². The van der Waals surface area contributed by atoms with E-state index < -0.39 is 27.8 Å². The molecular formula is C25H30N4O6S. The minimum absolute atomic E-state index is 0.0270. The van der Waals surface area contributed by atoms with Crippen LogP contribution in [0.5, 0.6) is 0 Å². The highest BCUT2D eigenvalue weighted by Gasteiger charge is 2.45. The zero-order valence-electron chi connectivity index (χ0n) is 20.3. The molecule has 2 fully saturated rings. The molecule has 1 aromatic heterocycles. The molecule has 0 bridgehead atoms. The van der Waals surface area contributed by atoms with Gasteiger partial charge in [0.15, 0.2) is 0 Å². The quantitative estimate of drug-likeness (QED) is 0.320. The Labute approximate surface area is 210 Å². The van der Waals surface area contributed by atoms with Crippen LogP contribution in [-0.2, 0) is 24.3 Å². The second-order valence-electron chi connectivity index (χ2n) is 8.89. The van der Waals surface area contributed by atoms with Gasteiger partial charge in [-0.2, -0.15) is 0 Å². The molecule has 11 heteroatoms. The Morgan fingerprint density at radius 1 is 1.06 bits per heavy atom. The maximum absolute atomic E-state index is 13.1. The number of morpholine rings is 1. The lowest BCUT2D eigenvalue weighted by Gasteiger charge is -2.29. The summed E-state index contributed by atoms with van der Waals surface area (Å²) in [7, 11) is -0.794. The first-order valence-corrected chi connectivity index (χ1v) is 13.2. The van der Waals surface area contributed by atoms with Crippen LogP contribution in [0.3, 0.4) is 0 Å². The summed E-state index contributed by atoms with van der Waals surface area (Å²) >= 11 is 0. The van der Waals surface area contributed by atoms with Crippen molar-refractivity contribution in [3.63, 3.8) is 0 Å². The number of aliphatic hydroxyl groups excluding tert-OH is 1. The number of likely N-dealkylation sites (tertiary alicyclic amines) is 1. The molecule has 0 saturated carbocycles. The number of aromatic nitrogens is 1. The number of sulfonamides is 1. The number of ketones is 1. The monoisotopic (exact) mass is 514 g/mol. The van der Waals surface area contributed by atoms with Gasteiger partial charge in [0.2, 0.25) is 10.0 Å². The summed E-state index contributed by atoms with van der Waals surface area (Å²) in [6.45, 7) is 4.10. The van der Waals surface area contributed by atoms with Gasteiger partial charge >= 0.3 is 0 Å². The molecular weight excluding hydrogens is 484 g/mol. The fourth-order valence-electron chi connectivity index (χ4n) is 4.44. The first kappa shape index (κ1) is 26.0. The summed E-state index contributed by atoms with van der Waals surface area (Å²) in [5.41, 5.74) is 0.878. The summed E-state index contributed by atoms with van der Waals surface area (Å²) in [5, 5.41) is 11.2. The number of pyridine rings is 1. The Balaban J connectivity index is 1.66. The third kappa shape index (κ3) is 5.19. The lowest BCUT2D eigenvalue weighted by Crippen LogP contribution is -2.38. The van der Waals surface area contributed by atoms with E-state index in [1.165, 1.54) is 43.3 Å². The smallest absolute Gasteiger partial charge is 0.295 e. The zero-order valence-corrected chi connectivity index (χ0v) is 21.1. The highest BCUT2D eigenvalue weighted by atomic mass is 32.2. The van der Waals surface area contributed by atoms with Crippen LogP contribution in [0.1, 0.15) is 23.6 Å². The van der Waals surface area contributed by atoms with Gasteiger partial charge in [0.1, 0.15) is 5.76 Å². The maximum Gasteiger partial charge on any atom is 0.295 e. The van der Waals surface area contributed by atoms with Crippen LogP contribution in [0, 0.1) is 0 Å². The van der Waals surface area contributed by atoms with Crippen molar-refractivity contribution >= 4 is 27.5 Å². The number of carbonyl (C=O) groups is 2. The molecule has 4 rings (SSSR count). The van der Waals surface area contributed by atoms with Gasteiger partial charge in [-0.15, -0.1) is 0 Å². The third-order valence-electron chi connectivity index (χ3n) is 6.45. The van der Waals surface area contributed by atoms with Crippen LogP contribution in [0.2, 0.25) is 0 Å². The molecule has 1 atom stereocenters. The topological polar surface area (TPSA) is 120 Å². The van der Waals surface area contributed by atoms with Gasteiger partial charge in [0.05, 0.1) is 29.7 Å². The second kappa shape index (κ2) is 10.9. The molecule has 3 heterocycles. The lowest BCUT2D eigenvalue weighted by molar-refractivity contribution is -0.140. The molecule has 0 aliphatic carbocycles. The number of nitrogens with zero attached hydrogens (tertiary/aromatic N) is 4. The molecule has 1 N–H and O–H groups in total. The highest BCUT2D eigenvalue weighted by molar-refractivity contribution is 7.89. The number of benzene rings is 1. The SMILES string of the molecule is CN(C)S(=O)(=O)c1ccc(/C(O)=C2\C(=O)C(=O)N(CCCN3CCOCC3)C2c2ccncc2)cc1. The molecule has 1 amide bonds. The molecule has 2 aliphatic heterocycles. The Bertz CT molecular complexity index is 1240. The van der Waals surface area contributed by atoms with Gasteiger partial charge in [-0.25, -0.2) is 12.7 Å². The predicted octanol–water partition coefficient (Wildman–Crippen LogP) is 1.48. The number of Topliss-reactive ketones (excluding diaryl/α,β-unsaturated/α-hetero) is 1. The maximum atomic E-state index is 13.1. The standard InChI is InChI=1S/C25H30N4O6S/c1-27(2)36(33,34)20-6-4-19(5-7-20)23(30)21-22(18-8-10-26-11-9-18)29(25(32)24(21)31)13-3-12-28-14-16-35-17-15-28/h4-11,22,30H,3,12-17H2,1-2H3/b23-21+. The molecule has 36 heavy (non-hydrogen) atoms. The van der Waals surface area contributed by atoms with Crippen molar-refractivity contribution in [3.05, 3.63) is 65.5 Å². The molecule has 192 valence electrons. The second-order valence-corrected chi connectivity index (χ2v) is 11.0. The van der Waals surface area contributed by atoms with E-state index in [2.05, 4.69) is 9.88 Å². The number of rotatable bonds is 8. The van der Waals surface area contributed by atoms with E-state index in [0.717, 1.165) is 23.9 Å². The zero-order chi connectivity index (χ0) is 25.9. The summed E-state index contributed by atoms with van der Waals surface area (Å²) in [4.78, 5) is 34.1. The Morgan fingerprint density at radius 3 is 2.31 bits per heavy atom. The predicted molar refractivity (Wildman–Crippen MR) is 132 cm³/mol. The molecule has 0 radical (unpaired) electrons. The number of aliphatic hydroxyl groups is 1. The number of ether oxygens (including phenoxy) is 1. The minimum Gasteiger partial charge on any atom is -0.507 e. The van der Waals surface area contributed by atoms with Crippen molar-refractivity contribution in [3.8, 4) is 0 Å². The van der Waals surface area contributed by atoms with E-state index in [9.17, 15) is 23.1 Å². The van der Waals surface area contributed by atoms with E-state index in [1.807, 2.05) is 0 Å². The Hall–Kier alpha value is -3.12. The van der Waals surface area contributed by atoms with Crippen molar-refractivity contribution in [2.45, 2.75) is 17.4 Å². The van der Waals surface area contributed by atoms with Crippen molar-refractivity contribution in [1.29, 1.82) is 0 Å². The van der Waals surface area contributed by atoms with Gasteiger partial charge in [-0.3, -0.25) is 19.5 Å². The van der Waals surface area contributed by atoms with Crippen LogP contribution in [0.15, 0.2) is 59.3 Å². The van der Waals surface area contributed by atoms with Crippen LogP contribution in [0.4, 0.5) is 0 Å². The van der Waals surface area contributed by atoms with Gasteiger partial charge in [-0.05, 0) is 48.4 Å². The van der Waals surface area contributed by atoms with Crippen molar-refractivity contribution < 1.29 is 27.9 Å². The number of carbonyl (C=O) groups excluding carboxylic acids is 2. The Morgan fingerprint density at radius 2 is 1.69 bits per heavy atom.